The predicted octanol–water partition coefficient (Wildman–Crippen LogP) is 2.81. The van der Waals surface area contributed by atoms with Crippen LogP contribution in [-0.4, -0.2) is 17.6 Å². The van der Waals surface area contributed by atoms with Gasteiger partial charge in [-0.3, -0.25) is 4.98 Å². The molecule has 2 bridgehead atoms. The Morgan fingerprint density at radius 2 is 2.17 bits per heavy atom. The molecule has 2 fully saturated rings. The predicted molar refractivity (Wildman–Crippen MR) is 74.6 cm³/mol. The molecule has 1 aliphatic carbocycles. The van der Waals surface area contributed by atoms with Crippen LogP contribution in [-0.2, 0) is 0 Å². The Morgan fingerprint density at radius 3 is 2.94 bits per heavy atom. The molecule has 1 saturated carbocycles. The largest absolute Gasteiger partial charge is 0.397 e. The van der Waals surface area contributed by atoms with Gasteiger partial charge in [0, 0.05) is 29.9 Å². The van der Waals surface area contributed by atoms with Gasteiger partial charge in [0.15, 0.2) is 0 Å². The molecule has 2 aromatic rings. The van der Waals surface area contributed by atoms with Gasteiger partial charge in [0.1, 0.15) is 0 Å². The van der Waals surface area contributed by atoms with Crippen LogP contribution in [0.3, 0.4) is 0 Å². The van der Waals surface area contributed by atoms with Crippen LogP contribution < -0.4 is 10.6 Å². The van der Waals surface area contributed by atoms with Crippen molar-refractivity contribution in [2.45, 2.75) is 25.3 Å². The maximum Gasteiger partial charge on any atom is 0.0951 e. The quantitative estimate of drug-likeness (QED) is 0.778. The van der Waals surface area contributed by atoms with E-state index < -0.39 is 0 Å². The number of nitrogen functional groups attached to an aromatic ring is 1. The van der Waals surface area contributed by atoms with E-state index in [1.54, 1.807) is 0 Å². The number of nitrogens with zero attached hydrogens (tertiary/aromatic N) is 2. The number of benzene rings is 1. The average molecular weight is 239 g/mol. The summed E-state index contributed by atoms with van der Waals surface area (Å²) >= 11 is 0. The molecule has 1 aromatic carbocycles. The smallest absolute Gasteiger partial charge is 0.0951 e. The van der Waals surface area contributed by atoms with E-state index in [4.69, 9.17) is 5.73 Å². The van der Waals surface area contributed by atoms with Crippen LogP contribution >= 0.6 is 0 Å². The Bertz CT molecular complexity index is 608. The zero-order chi connectivity index (χ0) is 12.1. The van der Waals surface area contributed by atoms with E-state index in [9.17, 15) is 0 Å². The molecule has 4 rings (SSSR count). The highest BCUT2D eigenvalue weighted by molar-refractivity contribution is 5.98. The first-order valence-corrected chi connectivity index (χ1v) is 6.73. The molecule has 0 spiro atoms. The number of piperidine rings is 1. The third-order valence-electron chi connectivity index (χ3n) is 4.50. The average Bonchev–Trinajstić information content (AvgIpc) is 3.02. The van der Waals surface area contributed by atoms with E-state index in [0.717, 1.165) is 23.2 Å². The first-order valence-electron chi connectivity index (χ1n) is 6.73. The van der Waals surface area contributed by atoms with Crippen LogP contribution in [0.15, 0.2) is 30.5 Å². The van der Waals surface area contributed by atoms with E-state index in [-0.39, 0.29) is 0 Å². The van der Waals surface area contributed by atoms with Gasteiger partial charge < -0.3 is 10.6 Å². The normalized spacial score (nSPS) is 26.1. The standard InChI is InChI=1S/C15H17N3/c16-13-5-6-14(12-2-1-7-17-15(12)13)18-9-10-3-4-11(18)8-10/h1-2,5-7,10-11H,3-4,8-9,16H2. The molecule has 1 aromatic heterocycles. The number of rotatable bonds is 1. The van der Waals surface area contributed by atoms with Gasteiger partial charge in [-0.15, -0.1) is 0 Å². The number of fused-ring (bicyclic) bond motifs is 3. The van der Waals surface area contributed by atoms with Crippen molar-refractivity contribution in [1.29, 1.82) is 0 Å². The topological polar surface area (TPSA) is 42.1 Å². The van der Waals surface area contributed by atoms with Gasteiger partial charge in [0.05, 0.1) is 11.2 Å². The molecule has 18 heavy (non-hydrogen) atoms. The Hall–Kier alpha value is -1.77. The lowest BCUT2D eigenvalue weighted by atomic mass is 10.1. The summed E-state index contributed by atoms with van der Waals surface area (Å²) in [6.45, 7) is 1.21. The fourth-order valence-electron chi connectivity index (χ4n) is 3.65. The van der Waals surface area contributed by atoms with Crippen molar-refractivity contribution in [1.82, 2.24) is 4.98 Å². The van der Waals surface area contributed by atoms with Crippen molar-refractivity contribution in [2.24, 2.45) is 5.92 Å². The molecule has 1 aliphatic heterocycles. The van der Waals surface area contributed by atoms with Crippen molar-refractivity contribution in [3.05, 3.63) is 30.5 Å². The third-order valence-corrected chi connectivity index (χ3v) is 4.50. The van der Waals surface area contributed by atoms with Crippen LogP contribution in [0.1, 0.15) is 19.3 Å². The van der Waals surface area contributed by atoms with Crippen LogP contribution in [0.2, 0.25) is 0 Å². The molecule has 3 heteroatoms. The number of aromatic nitrogens is 1. The molecule has 2 atom stereocenters. The lowest BCUT2D eigenvalue weighted by Crippen LogP contribution is -2.31. The van der Waals surface area contributed by atoms with Crippen molar-refractivity contribution >= 4 is 22.3 Å². The monoisotopic (exact) mass is 239 g/mol. The zero-order valence-corrected chi connectivity index (χ0v) is 10.3. The fraction of sp³-hybridized carbons (Fsp3) is 0.400. The summed E-state index contributed by atoms with van der Waals surface area (Å²) in [7, 11) is 0. The third kappa shape index (κ3) is 1.33. The summed E-state index contributed by atoms with van der Waals surface area (Å²) < 4.78 is 0. The summed E-state index contributed by atoms with van der Waals surface area (Å²) in [5.74, 6) is 0.902. The Labute approximate surface area is 107 Å². The minimum atomic E-state index is 0.738. The summed E-state index contributed by atoms with van der Waals surface area (Å²) in [6, 6.07) is 9.04. The maximum absolute atomic E-state index is 6.02. The van der Waals surface area contributed by atoms with E-state index in [0.29, 0.717) is 0 Å². The molecule has 0 radical (unpaired) electrons. The second-order valence-electron chi connectivity index (χ2n) is 5.56. The fourth-order valence-corrected chi connectivity index (χ4v) is 3.65. The second kappa shape index (κ2) is 3.61. The van der Waals surface area contributed by atoms with Crippen LogP contribution in [0, 0.1) is 5.92 Å². The van der Waals surface area contributed by atoms with Crippen LogP contribution in [0.25, 0.3) is 10.9 Å². The van der Waals surface area contributed by atoms with E-state index >= 15 is 0 Å². The number of hydrogen-bond acceptors (Lipinski definition) is 3. The van der Waals surface area contributed by atoms with Gasteiger partial charge in [-0.2, -0.15) is 0 Å². The highest BCUT2D eigenvalue weighted by Gasteiger charge is 2.38. The van der Waals surface area contributed by atoms with Crippen molar-refractivity contribution in [3.8, 4) is 0 Å². The van der Waals surface area contributed by atoms with Gasteiger partial charge in [0.2, 0.25) is 0 Å². The van der Waals surface area contributed by atoms with E-state index in [1.807, 2.05) is 18.3 Å². The molecule has 92 valence electrons. The summed E-state index contributed by atoms with van der Waals surface area (Å²) in [5, 5.41) is 1.20. The lowest BCUT2D eigenvalue weighted by molar-refractivity contribution is 0.554. The molecular weight excluding hydrogens is 222 g/mol. The van der Waals surface area contributed by atoms with Gasteiger partial charge in [-0.1, -0.05) is 0 Å². The van der Waals surface area contributed by atoms with E-state index in [1.165, 1.54) is 36.9 Å². The molecule has 2 unspecified atom stereocenters. The zero-order valence-electron chi connectivity index (χ0n) is 10.3. The number of nitrogens with two attached hydrogens (primary N) is 1. The molecule has 3 nitrogen and oxygen atoms in total. The summed E-state index contributed by atoms with van der Waals surface area (Å²) in [4.78, 5) is 6.99. The minimum absolute atomic E-state index is 0.738. The van der Waals surface area contributed by atoms with Crippen molar-refractivity contribution in [2.75, 3.05) is 17.2 Å². The molecule has 1 saturated heterocycles. The molecular formula is C15H17N3. The van der Waals surface area contributed by atoms with Crippen molar-refractivity contribution in [3.63, 3.8) is 0 Å². The maximum atomic E-state index is 6.02. The number of hydrogen-bond donors (Lipinski definition) is 1. The number of pyridine rings is 1. The number of anilines is 2. The first-order chi connectivity index (χ1) is 8.83. The SMILES string of the molecule is Nc1ccc(N2CC3CCC2C3)c2cccnc12. The van der Waals surface area contributed by atoms with Gasteiger partial charge in [-0.25, -0.2) is 0 Å². The van der Waals surface area contributed by atoms with Gasteiger partial charge >= 0.3 is 0 Å². The second-order valence-corrected chi connectivity index (χ2v) is 5.56. The lowest BCUT2D eigenvalue weighted by Gasteiger charge is -2.30. The van der Waals surface area contributed by atoms with Crippen LogP contribution in [0.5, 0.6) is 0 Å². The summed E-state index contributed by atoms with van der Waals surface area (Å²) in [6.07, 6.45) is 5.94. The highest BCUT2D eigenvalue weighted by atomic mass is 15.2. The Morgan fingerprint density at radius 1 is 1.22 bits per heavy atom. The minimum Gasteiger partial charge on any atom is -0.397 e. The highest BCUT2D eigenvalue weighted by Crippen LogP contribution is 2.42. The van der Waals surface area contributed by atoms with Crippen molar-refractivity contribution < 1.29 is 0 Å². The Balaban J connectivity index is 1.88. The first kappa shape index (κ1) is 10.2. The summed E-state index contributed by atoms with van der Waals surface area (Å²) in [5.41, 5.74) is 9.06. The van der Waals surface area contributed by atoms with E-state index in [2.05, 4.69) is 22.0 Å². The molecule has 2 heterocycles. The molecule has 0 amide bonds. The Kier molecular flexibility index (Phi) is 2.04. The van der Waals surface area contributed by atoms with Gasteiger partial charge in [0.25, 0.3) is 0 Å². The molecule has 2 N–H and O–H groups in total. The van der Waals surface area contributed by atoms with Crippen LogP contribution in [0.4, 0.5) is 11.4 Å². The molecule has 2 aliphatic rings. The van der Waals surface area contributed by atoms with Gasteiger partial charge in [-0.05, 0) is 49.4 Å².